The number of rotatable bonds is 1. The predicted molar refractivity (Wildman–Crippen MR) is 81.2 cm³/mol. The van der Waals surface area contributed by atoms with Crippen molar-refractivity contribution in [1.29, 1.82) is 0 Å². The molecule has 0 saturated carbocycles. The Hall–Kier alpha value is -2.03. The Morgan fingerprint density at radius 1 is 1.20 bits per heavy atom. The first kappa shape index (κ1) is 13.0. The van der Waals surface area contributed by atoms with Gasteiger partial charge in [0.25, 0.3) is 0 Å². The zero-order valence-corrected chi connectivity index (χ0v) is 12.2. The summed E-state index contributed by atoms with van der Waals surface area (Å²) >= 11 is 0. The predicted octanol–water partition coefficient (Wildman–Crippen LogP) is 3.92. The van der Waals surface area contributed by atoms with E-state index in [1.807, 2.05) is 24.4 Å². The zero-order chi connectivity index (χ0) is 14.2. The molecule has 0 radical (unpaired) electrons. The fourth-order valence-corrected chi connectivity index (χ4v) is 2.38. The molecule has 1 unspecified atom stereocenters. The second-order valence-electron chi connectivity index (χ2n) is 6.22. The Morgan fingerprint density at radius 3 is 2.75 bits per heavy atom. The van der Waals surface area contributed by atoms with E-state index in [1.54, 1.807) is 0 Å². The SMILES string of the molecule is CC(C)(C)c1ccc2c(c1)NC(c1ccccn1)CO2. The molecule has 2 aromatic rings. The summed E-state index contributed by atoms with van der Waals surface area (Å²) in [6, 6.07) is 12.5. The van der Waals surface area contributed by atoms with E-state index in [1.165, 1.54) is 5.56 Å². The third-order valence-electron chi connectivity index (χ3n) is 3.63. The number of hydrogen-bond acceptors (Lipinski definition) is 3. The van der Waals surface area contributed by atoms with E-state index in [0.29, 0.717) is 6.61 Å². The van der Waals surface area contributed by atoms with Crippen LogP contribution in [0.3, 0.4) is 0 Å². The van der Waals surface area contributed by atoms with Crippen LogP contribution in [0.15, 0.2) is 42.6 Å². The van der Waals surface area contributed by atoms with Crippen LogP contribution in [0.4, 0.5) is 5.69 Å². The van der Waals surface area contributed by atoms with Gasteiger partial charge >= 0.3 is 0 Å². The maximum atomic E-state index is 5.86. The summed E-state index contributed by atoms with van der Waals surface area (Å²) in [5.74, 6) is 0.921. The molecular formula is C17H20N2O. The molecule has 3 heteroatoms. The summed E-state index contributed by atoms with van der Waals surface area (Å²) in [7, 11) is 0. The standard InChI is InChI=1S/C17H20N2O/c1-17(2,3)12-7-8-16-14(10-12)19-15(11-20-16)13-6-4-5-9-18-13/h4-10,15,19H,11H2,1-3H3. The van der Waals surface area contributed by atoms with Crippen LogP contribution >= 0.6 is 0 Å². The molecule has 1 N–H and O–H groups in total. The molecule has 0 aliphatic carbocycles. The van der Waals surface area contributed by atoms with Gasteiger partial charge in [-0.2, -0.15) is 0 Å². The Labute approximate surface area is 120 Å². The number of aromatic nitrogens is 1. The molecule has 1 aromatic heterocycles. The van der Waals surface area contributed by atoms with Crippen molar-refractivity contribution < 1.29 is 4.74 Å². The van der Waals surface area contributed by atoms with Crippen LogP contribution in [-0.2, 0) is 5.41 Å². The van der Waals surface area contributed by atoms with Crippen molar-refractivity contribution in [3.05, 3.63) is 53.9 Å². The van der Waals surface area contributed by atoms with E-state index < -0.39 is 0 Å². The number of pyridine rings is 1. The van der Waals surface area contributed by atoms with Crippen molar-refractivity contribution in [2.24, 2.45) is 0 Å². The lowest BCUT2D eigenvalue weighted by Crippen LogP contribution is -2.25. The van der Waals surface area contributed by atoms with E-state index in [2.05, 4.69) is 49.3 Å². The fourth-order valence-electron chi connectivity index (χ4n) is 2.38. The molecule has 0 spiro atoms. The average molecular weight is 268 g/mol. The first-order chi connectivity index (χ1) is 9.54. The van der Waals surface area contributed by atoms with Gasteiger partial charge in [0.15, 0.2) is 0 Å². The Morgan fingerprint density at radius 2 is 2.05 bits per heavy atom. The molecule has 1 aromatic carbocycles. The molecule has 1 aliphatic rings. The molecule has 2 heterocycles. The van der Waals surface area contributed by atoms with Gasteiger partial charge in [-0.15, -0.1) is 0 Å². The van der Waals surface area contributed by atoms with E-state index in [4.69, 9.17) is 4.74 Å². The van der Waals surface area contributed by atoms with Gasteiger partial charge in [-0.3, -0.25) is 4.98 Å². The summed E-state index contributed by atoms with van der Waals surface area (Å²) in [5.41, 5.74) is 3.50. The molecule has 1 aliphatic heterocycles. The van der Waals surface area contributed by atoms with Gasteiger partial charge < -0.3 is 10.1 Å². The summed E-state index contributed by atoms with van der Waals surface area (Å²) < 4.78 is 5.86. The molecule has 3 nitrogen and oxygen atoms in total. The largest absolute Gasteiger partial charge is 0.489 e. The van der Waals surface area contributed by atoms with Crippen LogP contribution in [0, 0.1) is 0 Å². The van der Waals surface area contributed by atoms with Crippen molar-refractivity contribution in [3.63, 3.8) is 0 Å². The molecule has 0 saturated heterocycles. The summed E-state index contributed by atoms with van der Waals surface area (Å²) in [4.78, 5) is 4.40. The van der Waals surface area contributed by atoms with E-state index in [9.17, 15) is 0 Å². The summed E-state index contributed by atoms with van der Waals surface area (Å²) in [6.07, 6.45) is 1.82. The number of fused-ring (bicyclic) bond motifs is 1. The third kappa shape index (κ3) is 2.48. The van der Waals surface area contributed by atoms with Crippen LogP contribution in [0.2, 0.25) is 0 Å². The lowest BCUT2D eigenvalue weighted by molar-refractivity contribution is 0.284. The van der Waals surface area contributed by atoms with Crippen molar-refractivity contribution in [2.75, 3.05) is 11.9 Å². The Kier molecular flexibility index (Phi) is 3.13. The van der Waals surface area contributed by atoms with Crippen molar-refractivity contribution in [3.8, 4) is 5.75 Å². The highest BCUT2D eigenvalue weighted by atomic mass is 16.5. The maximum Gasteiger partial charge on any atom is 0.142 e. The van der Waals surface area contributed by atoms with Gasteiger partial charge in [-0.25, -0.2) is 0 Å². The van der Waals surface area contributed by atoms with Gasteiger partial charge in [-0.05, 0) is 35.2 Å². The smallest absolute Gasteiger partial charge is 0.142 e. The van der Waals surface area contributed by atoms with Gasteiger partial charge in [0.05, 0.1) is 11.4 Å². The molecule has 3 rings (SSSR count). The minimum Gasteiger partial charge on any atom is -0.489 e. The van der Waals surface area contributed by atoms with Crippen molar-refractivity contribution >= 4 is 5.69 Å². The second kappa shape index (κ2) is 4.82. The molecule has 1 atom stereocenters. The van der Waals surface area contributed by atoms with Crippen LogP contribution < -0.4 is 10.1 Å². The average Bonchev–Trinajstić information content (AvgIpc) is 2.46. The molecule has 0 bridgehead atoms. The van der Waals surface area contributed by atoms with Crippen molar-refractivity contribution in [2.45, 2.75) is 32.2 Å². The molecule has 0 fully saturated rings. The maximum absolute atomic E-state index is 5.86. The van der Waals surface area contributed by atoms with Gasteiger partial charge in [0.2, 0.25) is 0 Å². The lowest BCUT2D eigenvalue weighted by atomic mass is 9.86. The van der Waals surface area contributed by atoms with Crippen molar-refractivity contribution in [1.82, 2.24) is 4.98 Å². The monoisotopic (exact) mass is 268 g/mol. The lowest BCUT2D eigenvalue weighted by Gasteiger charge is -2.29. The first-order valence-corrected chi connectivity index (χ1v) is 6.99. The van der Waals surface area contributed by atoms with Gasteiger partial charge in [-0.1, -0.05) is 32.9 Å². The quantitative estimate of drug-likeness (QED) is 0.851. The highest BCUT2D eigenvalue weighted by molar-refractivity contribution is 5.61. The van der Waals surface area contributed by atoms with Crippen LogP contribution in [0.5, 0.6) is 5.75 Å². The number of nitrogens with zero attached hydrogens (tertiary/aromatic N) is 1. The van der Waals surface area contributed by atoms with E-state index >= 15 is 0 Å². The fraction of sp³-hybridized carbons (Fsp3) is 0.353. The number of nitrogens with one attached hydrogen (secondary N) is 1. The molecule has 104 valence electrons. The number of ether oxygens (including phenoxy) is 1. The van der Waals surface area contributed by atoms with E-state index in [0.717, 1.165) is 17.1 Å². The van der Waals surface area contributed by atoms with Crippen LogP contribution in [0.25, 0.3) is 0 Å². The third-order valence-corrected chi connectivity index (χ3v) is 3.63. The van der Waals surface area contributed by atoms with E-state index in [-0.39, 0.29) is 11.5 Å². The highest BCUT2D eigenvalue weighted by Gasteiger charge is 2.23. The van der Waals surface area contributed by atoms with Gasteiger partial charge in [0.1, 0.15) is 18.4 Å². The Bertz CT molecular complexity index is 602. The van der Waals surface area contributed by atoms with Crippen LogP contribution in [-0.4, -0.2) is 11.6 Å². The number of benzene rings is 1. The minimum atomic E-state index is 0.110. The normalized spacial score (nSPS) is 17.9. The summed E-state index contributed by atoms with van der Waals surface area (Å²) in [5, 5.41) is 3.54. The Balaban J connectivity index is 1.90. The molecule has 20 heavy (non-hydrogen) atoms. The highest BCUT2D eigenvalue weighted by Crippen LogP contribution is 2.36. The number of hydrogen-bond donors (Lipinski definition) is 1. The summed E-state index contributed by atoms with van der Waals surface area (Å²) in [6.45, 7) is 7.26. The molecule has 0 amide bonds. The number of anilines is 1. The van der Waals surface area contributed by atoms with Gasteiger partial charge in [0, 0.05) is 6.20 Å². The van der Waals surface area contributed by atoms with Crippen LogP contribution in [0.1, 0.15) is 38.1 Å². The second-order valence-corrected chi connectivity index (χ2v) is 6.22. The minimum absolute atomic E-state index is 0.110. The zero-order valence-electron chi connectivity index (χ0n) is 12.2. The molecular weight excluding hydrogens is 248 g/mol. The topological polar surface area (TPSA) is 34.2 Å². The first-order valence-electron chi connectivity index (χ1n) is 6.99.